The number of hydrogen-bond acceptors (Lipinski definition) is 1. The number of rotatable bonds is 3. The van der Waals surface area contributed by atoms with Crippen molar-refractivity contribution in [1.29, 1.82) is 0 Å². The summed E-state index contributed by atoms with van der Waals surface area (Å²) in [5.74, 6) is 0.986. The predicted molar refractivity (Wildman–Crippen MR) is 77.3 cm³/mol. The lowest BCUT2D eigenvalue weighted by Crippen LogP contribution is -2.12. The van der Waals surface area contributed by atoms with Gasteiger partial charge in [-0.25, -0.2) is 0 Å². The molecule has 0 heterocycles. The van der Waals surface area contributed by atoms with E-state index in [0.717, 1.165) is 5.75 Å². The second-order valence-electron chi connectivity index (χ2n) is 3.57. The summed E-state index contributed by atoms with van der Waals surface area (Å²) in [6, 6.07) is 18.8. The van der Waals surface area contributed by atoms with Crippen LogP contribution >= 0.6 is 7.92 Å². The van der Waals surface area contributed by atoms with Gasteiger partial charge >= 0.3 is 0 Å². The molecule has 0 amide bonds. The molecule has 0 unspecified atom stereocenters. The number of methoxy groups -OCH3 is 1. The van der Waals surface area contributed by atoms with Crippen LogP contribution in [-0.2, 0) is 0 Å². The van der Waals surface area contributed by atoms with E-state index in [1.165, 1.54) is 10.6 Å². The Morgan fingerprint density at radius 1 is 0.882 bits per heavy atom. The molecule has 0 aliphatic heterocycles. The number of benzene rings is 2. The van der Waals surface area contributed by atoms with E-state index in [-0.39, 0.29) is 16.3 Å². The zero-order chi connectivity index (χ0) is 11.4. The van der Waals surface area contributed by atoms with Crippen molar-refractivity contribution in [2.75, 3.05) is 13.8 Å². The molecule has 0 saturated heterocycles. The monoisotopic (exact) mass is 241 g/mol. The highest BCUT2D eigenvalue weighted by atomic mass is 31.1. The van der Waals surface area contributed by atoms with E-state index in [0.29, 0.717) is 0 Å². The van der Waals surface area contributed by atoms with Crippen LogP contribution in [0.2, 0.25) is 0 Å². The molecular formula is C14H15BOP. The van der Waals surface area contributed by atoms with Gasteiger partial charge in [0.1, 0.15) is 5.75 Å². The van der Waals surface area contributed by atoms with Gasteiger partial charge in [0.15, 0.2) is 0 Å². The Bertz CT molecular complexity index is 459. The fraction of sp³-hybridized carbons (Fsp3) is 0.143. The first-order valence-corrected chi connectivity index (χ1v) is 7.03. The van der Waals surface area contributed by atoms with Crippen molar-refractivity contribution in [3.05, 3.63) is 54.6 Å². The molecule has 0 aromatic heterocycles. The molecule has 2 rings (SSSR count). The second kappa shape index (κ2) is 6.47. The summed E-state index contributed by atoms with van der Waals surface area (Å²) in [4.78, 5) is 0. The molecule has 3 radical (unpaired) electrons. The van der Waals surface area contributed by atoms with Crippen LogP contribution in [-0.4, -0.2) is 22.2 Å². The third-order valence-electron chi connectivity index (χ3n) is 2.59. The maximum atomic E-state index is 5.40. The van der Waals surface area contributed by atoms with Crippen LogP contribution in [0.1, 0.15) is 0 Å². The molecule has 0 spiro atoms. The molecule has 2 aromatic carbocycles. The van der Waals surface area contributed by atoms with Gasteiger partial charge in [0, 0.05) is 13.7 Å². The Hall–Kier alpha value is -1.27. The molecule has 0 fully saturated rings. The Kier molecular flexibility index (Phi) is 5.25. The van der Waals surface area contributed by atoms with Gasteiger partial charge in [-0.2, -0.15) is 0 Å². The zero-order valence-corrected chi connectivity index (χ0v) is 11.0. The molecule has 0 bridgehead atoms. The minimum absolute atomic E-state index is 0. The normalized spacial score (nSPS) is 11.4. The summed E-state index contributed by atoms with van der Waals surface area (Å²) < 4.78 is 5.40. The Balaban J connectivity index is 0.00000144. The number of ether oxygens (including phenoxy) is 1. The molecule has 3 heteroatoms. The Morgan fingerprint density at radius 3 is 2.12 bits per heavy atom. The highest BCUT2D eigenvalue weighted by Gasteiger charge is 2.11. The first-order chi connectivity index (χ1) is 7.83. The predicted octanol–water partition coefficient (Wildman–Crippen LogP) is 2.38. The maximum Gasteiger partial charge on any atom is 0.126 e. The summed E-state index contributed by atoms with van der Waals surface area (Å²) in [6.07, 6.45) is 0. The van der Waals surface area contributed by atoms with Gasteiger partial charge in [-0.15, -0.1) is 0 Å². The molecular weight excluding hydrogens is 226 g/mol. The van der Waals surface area contributed by atoms with Gasteiger partial charge in [0.2, 0.25) is 0 Å². The fourth-order valence-corrected chi connectivity index (χ4v) is 3.40. The summed E-state index contributed by atoms with van der Waals surface area (Å²) in [5, 5.41) is 2.67. The van der Waals surface area contributed by atoms with E-state index < -0.39 is 0 Å². The van der Waals surface area contributed by atoms with E-state index in [1.807, 2.05) is 12.1 Å². The molecule has 0 N–H and O–H groups in total. The van der Waals surface area contributed by atoms with Crippen molar-refractivity contribution in [2.45, 2.75) is 0 Å². The van der Waals surface area contributed by atoms with Gasteiger partial charge < -0.3 is 4.74 Å². The maximum absolute atomic E-state index is 5.40. The largest absolute Gasteiger partial charge is 0.496 e. The molecule has 0 aliphatic rings. The third kappa shape index (κ3) is 3.11. The second-order valence-corrected chi connectivity index (χ2v) is 5.68. The van der Waals surface area contributed by atoms with Crippen molar-refractivity contribution in [2.24, 2.45) is 0 Å². The van der Waals surface area contributed by atoms with Gasteiger partial charge in [-0.05, 0) is 26.0 Å². The lowest BCUT2D eigenvalue weighted by molar-refractivity contribution is 0.418. The van der Waals surface area contributed by atoms with Gasteiger partial charge in [0.25, 0.3) is 0 Å². The topological polar surface area (TPSA) is 9.23 Å². The molecule has 17 heavy (non-hydrogen) atoms. The van der Waals surface area contributed by atoms with Crippen molar-refractivity contribution in [3.63, 3.8) is 0 Å². The van der Waals surface area contributed by atoms with Crippen molar-refractivity contribution >= 4 is 26.9 Å². The van der Waals surface area contributed by atoms with E-state index in [2.05, 4.69) is 49.1 Å². The van der Waals surface area contributed by atoms with E-state index in [4.69, 9.17) is 4.74 Å². The summed E-state index contributed by atoms with van der Waals surface area (Å²) >= 11 is 0. The SMILES string of the molecule is COc1ccccc1[P@](C)c1ccccc1.[B]. The minimum Gasteiger partial charge on any atom is -0.496 e. The third-order valence-corrected chi connectivity index (χ3v) is 4.75. The average molecular weight is 241 g/mol. The van der Waals surface area contributed by atoms with Crippen LogP contribution < -0.4 is 15.3 Å². The minimum atomic E-state index is -0.322. The van der Waals surface area contributed by atoms with E-state index in [9.17, 15) is 0 Å². The quantitative estimate of drug-likeness (QED) is 0.592. The Morgan fingerprint density at radius 2 is 1.47 bits per heavy atom. The smallest absolute Gasteiger partial charge is 0.126 e. The molecule has 0 aliphatic carbocycles. The highest BCUT2D eigenvalue weighted by molar-refractivity contribution is 7.72. The van der Waals surface area contributed by atoms with Crippen molar-refractivity contribution in [3.8, 4) is 5.75 Å². The first-order valence-electron chi connectivity index (χ1n) is 5.24. The summed E-state index contributed by atoms with van der Waals surface area (Å²) in [7, 11) is 1.41. The Labute approximate surface area is 106 Å². The lowest BCUT2D eigenvalue weighted by Gasteiger charge is -2.16. The molecule has 1 nitrogen and oxygen atoms in total. The number of para-hydroxylation sites is 1. The highest BCUT2D eigenvalue weighted by Crippen LogP contribution is 2.32. The number of hydrogen-bond donors (Lipinski definition) is 0. The van der Waals surface area contributed by atoms with Crippen molar-refractivity contribution < 1.29 is 4.74 Å². The van der Waals surface area contributed by atoms with Crippen LogP contribution in [0.3, 0.4) is 0 Å². The lowest BCUT2D eigenvalue weighted by atomic mass is 10.3. The van der Waals surface area contributed by atoms with Crippen LogP contribution in [0.25, 0.3) is 0 Å². The van der Waals surface area contributed by atoms with Gasteiger partial charge in [-0.1, -0.05) is 48.5 Å². The summed E-state index contributed by atoms with van der Waals surface area (Å²) in [5.41, 5.74) is 0. The fourth-order valence-electron chi connectivity index (χ4n) is 1.70. The first kappa shape index (κ1) is 13.8. The van der Waals surface area contributed by atoms with E-state index >= 15 is 0 Å². The molecule has 0 saturated carbocycles. The zero-order valence-electron chi connectivity index (χ0n) is 10.1. The van der Waals surface area contributed by atoms with Crippen LogP contribution in [0, 0.1) is 0 Å². The molecule has 1 atom stereocenters. The van der Waals surface area contributed by atoms with Crippen LogP contribution in [0.5, 0.6) is 5.75 Å². The molecule has 2 aromatic rings. The van der Waals surface area contributed by atoms with Crippen LogP contribution in [0.4, 0.5) is 0 Å². The molecule has 85 valence electrons. The summed E-state index contributed by atoms with van der Waals surface area (Å²) in [6.45, 7) is 2.27. The van der Waals surface area contributed by atoms with Crippen LogP contribution in [0.15, 0.2) is 54.6 Å². The standard InChI is InChI=1S/C14H15OP.B/c1-15-13-10-6-7-11-14(13)16(2)12-8-4-3-5-9-12;/h3-11H,1-2H3;/t16-;/m1./s1. The van der Waals surface area contributed by atoms with E-state index in [1.54, 1.807) is 7.11 Å². The average Bonchev–Trinajstić information content (AvgIpc) is 2.39. The van der Waals surface area contributed by atoms with Gasteiger partial charge in [0.05, 0.1) is 7.11 Å². The van der Waals surface area contributed by atoms with Gasteiger partial charge in [-0.3, -0.25) is 0 Å². The van der Waals surface area contributed by atoms with Crippen molar-refractivity contribution in [1.82, 2.24) is 0 Å².